The summed E-state index contributed by atoms with van der Waals surface area (Å²) in [7, 11) is 0. The highest BCUT2D eigenvalue weighted by atomic mass is 79.9. The molecule has 1 amide bonds. The summed E-state index contributed by atoms with van der Waals surface area (Å²) in [6.07, 6.45) is 3.53. The van der Waals surface area contributed by atoms with E-state index < -0.39 is 17.4 Å². The van der Waals surface area contributed by atoms with Gasteiger partial charge in [0.25, 0.3) is 0 Å². The summed E-state index contributed by atoms with van der Waals surface area (Å²) in [6, 6.07) is 7.88. The lowest BCUT2D eigenvalue weighted by atomic mass is 9.77. The van der Waals surface area contributed by atoms with Gasteiger partial charge in [-0.15, -0.1) is 0 Å². The maximum Gasteiger partial charge on any atom is 0.312 e. The Labute approximate surface area is 167 Å². The Balaban J connectivity index is 1.57. The SMILES string of the molecule is CC(C)COC(=O)[C@H]1[C@H]2C(=O)N([C@H](C)c3ccc(Br)cc3)C[C@]23C=C[C@H]1O3. The highest BCUT2D eigenvalue weighted by molar-refractivity contribution is 9.10. The quantitative estimate of drug-likeness (QED) is 0.526. The fraction of sp³-hybridized carbons (Fsp3) is 0.524. The van der Waals surface area contributed by atoms with Gasteiger partial charge < -0.3 is 14.4 Å². The first-order valence-corrected chi connectivity index (χ1v) is 10.2. The Hall–Kier alpha value is -1.66. The molecule has 6 heteroatoms. The molecule has 0 unspecified atom stereocenters. The Bertz CT molecular complexity index is 790. The molecule has 2 saturated heterocycles. The zero-order valence-corrected chi connectivity index (χ0v) is 17.3. The maximum atomic E-state index is 13.3. The van der Waals surface area contributed by atoms with Gasteiger partial charge in [-0.2, -0.15) is 0 Å². The molecule has 0 aliphatic carbocycles. The van der Waals surface area contributed by atoms with Crippen LogP contribution in [0.15, 0.2) is 40.9 Å². The van der Waals surface area contributed by atoms with Crippen LogP contribution in [0.4, 0.5) is 0 Å². The van der Waals surface area contributed by atoms with Crippen LogP contribution in [0, 0.1) is 17.8 Å². The third-order valence-corrected chi connectivity index (χ3v) is 6.31. The minimum absolute atomic E-state index is 0.0243. The number of fused-ring (bicyclic) bond motifs is 1. The van der Waals surface area contributed by atoms with Crippen molar-refractivity contribution in [3.8, 4) is 0 Å². The van der Waals surface area contributed by atoms with Crippen molar-refractivity contribution >= 4 is 27.8 Å². The summed E-state index contributed by atoms with van der Waals surface area (Å²) in [5.74, 6) is -1.14. The van der Waals surface area contributed by atoms with Crippen LogP contribution in [0.1, 0.15) is 32.4 Å². The van der Waals surface area contributed by atoms with E-state index >= 15 is 0 Å². The van der Waals surface area contributed by atoms with Gasteiger partial charge in [-0.05, 0) is 30.5 Å². The Morgan fingerprint density at radius 2 is 2.04 bits per heavy atom. The molecule has 0 N–H and O–H groups in total. The van der Waals surface area contributed by atoms with Gasteiger partial charge in [0.05, 0.1) is 31.2 Å². The molecule has 1 spiro atoms. The van der Waals surface area contributed by atoms with Gasteiger partial charge in [-0.25, -0.2) is 0 Å². The van der Waals surface area contributed by atoms with Gasteiger partial charge >= 0.3 is 5.97 Å². The number of halogens is 1. The van der Waals surface area contributed by atoms with Crippen LogP contribution in [0.25, 0.3) is 0 Å². The van der Waals surface area contributed by atoms with Crippen molar-refractivity contribution in [2.45, 2.75) is 38.5 Å². The smallest absolute Gasteiger partial charge is 0.312 e. The molecule has 3 heterocycles. The van der Waals surface area contributed by atoms with Crippen molar-refractivity contribution in [3.63, 3.8) is 0 Å². The van der Waals surface area contributed by atoms with Gasteiger partial charge in [-0.3, -0.25) is 9.59 Å². The predicted molar refractivity (Wildman–Crippen MR) is 104 cm³/mol. The van der Waals surface area contributed by atoms with E-state index in [2.05, 4.69) is 15.9 Å². The number of amides is 1. The average molecular weight is 434 g/mol. The van der Waals surface area contributed by atoms with E-state index in [0.29, 0.717) is 13.2 Å². The van der Waals surface area contributed by atoms with Crippen molar-refractivity contribution in [2.75, 3.05) is 13.2 Å². The molecule has 0 radical (unpaired) electrons. The number of nitrogens with zero attached hydrogens (tertiary/aromatic N) is 1. The monoisotopic (exact) mass is 433 g/mol. The number of carbonyl (C=O) groups is 2. The van der Waals surface area contributed by atoms with Crippen molar-refractivity contribution in [2.24, 2.45) is 17.8 Å². The summed E-state index contributed by atoms with van der Waals surface area (Å²) < 4.78 is 12.6. The number of benzene rings is 1. The Morgan fingerprint density at radius 3 is 2.70 bits per heavy atom. The molecule has 2 fully saturated rings. The molecule has 3 aliphatic rings. The molecule has 2 bridgehead atoms. The summed E-state index contributed by atoms with van der Waals surface area (Å²) in [5, 5.41) is 0. The molecular formula is C21H24BrNO4. The number of hydrogen-bond acceptors (Lipinski definition) is 4. The van der Waals surface area contributed by atoms with Crippen LogP contribution < -0.4 is 0 Å². The van der Waals surface area contributed by atoms with Crippen molar-refractivity contribution in [1.82, 2.24) is 4.90 Å². The first-order chi connectivity index (χ1) is 12.8. The molecule has 5 nitrogen and oxygen atoms in total. The molecule has 3 aliphatic heterocycles. The molecule has 0 aromatic heterocycles. The van der Waals surface area contributed by atoms with Crippen LogP contribution in [0.2, 0.25) is 0 Å². The third-order valence-electron chi connectivity index (χ3n) is 5.78. The topological polar surface area (TPSA) is 55.8 Å². The third kappa shape index (κ3) is 3.03. The lowest BCUT2D eigenvalue weighted by Crippen LogP contribution is -2.40. The Kier molecular flexibility index (Phi) is 4.67. The number of likely N-dealkylation sites (tertiary alicyclic amines) is 1. The van der Waals surface area contributed by atoms with Gasteiger partial charge in [0.1, 0.15) is 11.5 Å². The van der Waals surface area contributed by atoms with E-state index in [9.17, 15) is 9.59 Å². The van der Waals surface area contributed by atoms with Gasteiger partial charge in [-0.1, -0.05) is 54.1 Å². The molecule has 1 aromatic rings. The highest BCUT2D eigenvalue weighted by Crippen LogP contribution is 2.53. The van der Waals surface area contributed by atoms with E-state index in [4.69, 9.17) is 9.47 Å². The number of esters is 1. The zero-order chi connectivity index (χ0) is 19.3. The fourth-order valence-electron chi connectivity index (χ4n) is 4.39. The molecule has 5 atom stereocenters. The summed E-state index contributed by atoms with van der Waals surface area (Å²) >= 11 is 3.44. The van der Waals surface area contributed by atoms with E-state index in [1.165, 1.54) is 0 Å². The zero-order valence-electron chi connectivity index (χ0n) is 15.7. The number of hydrogen-bond donors (Lipinski definition) is 0. The number of rotatable bonds is 5. The largest absolute Gasteiger partial charge is 0.465 e. The minimum Gasteiger partial charge on any atom is -0.465 e. The van der Waals surface area contributed by atoms with E-state index in [0.717, 1.165) is 10.0 Å². The van der Waals surface area contributed by atoms with Crippen molar-refractivity contribution in [1.29, 1.82) is 0 Å². The number of ether oxygens (including phenoxy) is 2. The minimum atomic E-state index is -0.701. The van der Waals surface area contributed by atoms with Crippen molar-refractivity contribution < 1.29 is 19.1 Å². The maximum absolute atomic E-state index is 13.3. The Morgan fingerprint density at radius 1 is 1.33 bits per heavy atom. The van der Waals surface area contributed by atoms with Crippen molar-refractivity contribution in [3.05, 3.63) is 46.5 Å². The summed E-state index contributed by atoms with van der Waals surface area (Å²) in [4.78, 5) is 27.8. The predicted octanol–water partition coefficient (Wildman–Crippen LogP) is 3.49. The molecule has 27 heavy (non-hydrogen) atoms. The summed E-state index contributed by atoms with van der Waals surface area (Å²) in [6.45, 7) is 6.83. The fourth-order valence-corrected chi connectivity index (χ4v) is 4.66. The van der Waals surface area contributed by atoms with E-state index in [1.54, 1.807) is 0 Å². The molecule has 1 aromatic carbocycles. The average Bonchev–Trinajstić information content (AvgIpc) is 3.28. The lowest BCUT2D eigenvalue weighted by molar-refractivity contribution is -0.155. The second-order valence-corrected chi connectivity index (χ2v) is 9.03. The number of carbonyl (C=O) groups excluding carboxylic acids is 2. The van der Waals surface area contributed by atoms with Crippen LogP contribution in [-0.2, 0) is 19.1 Å². The van der Waals surface area contributed by atoms with Crippen LogP contribution in [0.5, 0.6) is 0 Å². The molecule has 0 saturated carbocycles. The van der Waals surface area contributed by atoms with Gasteiger partial charge in [0.2, 0.25) is 5.91 Å². The second kappa shape index (κ2) is 6.74. The molecule has 144 valence electrons. The molecule has 4 rings (SSSR count). The van der Waals surface area contributed by atoms with Crippen LogP contribution in [0.3, 0.4) is 0 Å². The van der Waals surface area contributed by atoms with Crippen LogP contribution >= 0.6 is 15.9 Å². The second-order valence-electron chi connectivity index (χ2n) is 8.12. The first kappa shape index (κ1) is 18.7. The first-order valence-electron chi connectivity index (χ1n) is 9.42. The lowest BCUT2D eigenvalue weighted by Gasteiger charge is -2.27. The van der Waals surface area contributed by atoms with Gasteiger partial charge in [0, 0.05) is 4.47 Å². The summed E-state index contributed by atoms with van der Waals surface area (Å²) in [5.41, 5.74) is 0.354. The van der Waals surface area contributed by atoms with E-state index in [-0.39, 0.29) is 29.9 Å². The highest BCUT2D eigenvalue weighted by Gasteiger charge is 2.67. The van der Waals surface area contributed by atoms with E-state index in [1.807, 2.05) is 62.1 Å². The molecular weight excluding hydrogens is 410 g/mol. The normalized spacial score (nSPS) is 32.3. The van der Waals surface area contributed by atoms with Gasteiger partial charge in [0.15, 0.2) is 0 Å². The standard InChI is InChI=1S/C21H24BrNO4/c1-12(2)10-26-20(25)17-16-8-9-21(27-16)11-23(19(24)18(17)21)13(3)14-4-6-15(22)7-5-14/h4-9,12-13,16-18H,10-11H2,1-3H3/t13-,16-,17-,18+,21-/m1/s1. The van der Waals surface area contributed by atoms with Crippen LogP contribution in [-0.4, -0.2) is 41.6 Å².